The molecule has 1 heterocycles. The third kappa shape index (κ3) is 5.17. The number of hydrogen-bond acceptors (Lipinski definition) is 4. The first-order valence-corrected chi connectivity index (χ1v) is 9.35. The van der Waals surface area contributed by atoms with Crippen molar-refractivity contribution < 1.29 is 32.6 Å². The van der Waals surface area contributed by atoms with Gasteiger partial charge >= 0.3 is 6.18 Å². The van der Waals surface area contributed by atoms with E-state index in [0.717, 1.165) is 12.1 Å². The first-order chi connectivity index (χ1) is 14.3. The van der Waals surface area contributed by atoms with E-state index in [1.165, 1.54) is 29.2 Å². The van der Waals surface area contributed by atoms with Crippen LogP contribution >= 0.6 is 0 Å². The Hall–Kier alpha value is -2.91. The van der Waals surface area contributed by atoms with Gasteiger partial charge in [-0.2, -0.15) is 13.2 Å². The molecular weight excluding hydrogens is 401 g/mol. The van der Waals surface area contributed by atoms with E-state index in [9.17, 15) is 27.9 Å². The molecule has 2 aromatic rings. The van der Waals surface area contributed by atoms with Crippen LogP contribution in [0.4, 0.5) is 13.2 Å². The van der Waals surface area contributed by atoms with Crippen molar-refractivity contribution in [2.45, 2.75) is 12.2 Å². The molecule has 2 aromatic carbocycles. The van der Waals surface area contributed by atoms with E-state index < -0.39 is 30.3 Å². The van der Waals surface area contributed by atoms with Gasteiger partial charge in [-0.05, 0) is 35.4 Å². The highest BCUT2D eigenvalue weighted by molar-refractivity contribution is 5.98. The van der Waals surface area contributed by atoms with Gasteiger partial charge in [-0.1, -0.05) is 24.3 Å². The van der Waals surface area contributed by atoms with Crippen LogP contribution in [0.2, 0.25) is 0 Å². The summed E-state index contributed by atoms with van der Waals surface area (Å²) in [4.78, 5) is 26.4. The Kier molecular flexibility index (Phi) is 6.73. The molecule has 0 aliphatic carbocycles. The zero-order chi connectivity index (χ0) is 21.7. The van der Waals surface area contributed by atoms with Gasteiger partial charge < -0.3 is 20.1 Å². The molecule has 0 spiro atoms. The molecule has 1 aliphatic rings. The molecule has 0 saturated carbocycles. The second kappa shape index (κ2) is 9.27. The van der Waals surface area contributed by atoms with Crippen LogP contribution in [0.5, 0.6) is 0 Å². The number of halogens is 3. The average Bonchev–Trinajstić information content (AvgIpc) is 2.77. The summed E-state index contributed by atoms with van der Waals surface area (Å²) in [6.45, 7) is 1.07. The fourth-order valence-corrected chi connectivity index (χ4v) is 3.10. The summed E-state index contributed by atoms with van der Waals surface area (Å²) in [5.74, 6) is -0.912. The van der Waals surface area contributed by atoms with Crippen LogP contribution in [0.25, 0.3) is 11.1 Å². The van der Waals surface area contributed by atoms with Gasteiger partial charge in [-0.3, -0.25) is 9.59 Å². The van der Waals surface area contributed by atoms with Crippen molar-refractivity contribution in [2.75, 3.05) is 32.9 Å². The number of alkyl halides is 3. The van der Waals surface area contributed by atoms with Crippen LogP contribution < -0.4 is 5.32 Å². The number of carbonyl (C=O) groups is 2. The molecule has 30 heavy (non-hydrogen) atoms. The number of ether oxygens (including phenoxy) is 1. The lowest BCUT2D eigenvalue weighted by molar-refractivity contribution is -0.138. The number of nitrogens with zero attached hydrogens (tertiary/aromatic N) is 1. The van der Waals surface area contributed by atoms with Gasteiger partial charge in [0.1, 0.15) is 6.04 Å². The molecule has 2 N–H and O–H groups in total. The van der Waals surface area contributed by atoms with Crippen LogP contribution in [0.15, 0.2) is 48.5 Å². The Balaban J connectivity index is 1.66. The van der Waals surface area contributed by atoms with Crippen molar-refractivity contribution in [3.05, 3.63) is 59.7 Å². The molecule has 1 saturated heterocycles. The highest BCUT2D eigenvalue weighted by Gasteiger charge is 2.30. The molecule has 3 rings (SSSR count). The number of aliphatic hydroxyl groups is 1. The predicted molar refractivity (Wildman–Crippen MR) is 103 cm³/mol. The summed E-state index contributed by atoms with van der Waals surface area (Å²) >= 11 is 0. The highest BCUT2D eigenvalue weighted by Crippen LogP contribution is 2.31. The largest absolute Gasteiger partial charge is 0.416 e. The molecule has 1 aliphatic heterocycles. The van der Waals surface area contributed by atoms with Gasteiger partial charge in [0.05, 0.1) is 25.4 Å². The van der Waals surface area contributed by atoms with Crippen LogP contribution in [0.1, 0.15) is 15.9 Å². The van der Waals surface area contributed by atoms with Crippen molar-refractivity contribution in [3.63, 3.8) is 0 Å². The standard InChI is InChI=1S/C21H21F3N2O4/c22-21(23,24)17-7-5-15(6-8-17)14-1-3-16(4-2-14)19(28)25-18(13-27)20(29)26-9-11-30-12-10-26/h1-8,18,27H,9-13H2,(H,25,28). The molecule has 0 radical (unpaired) electrons. The van der Waals surface area contributed by atoms with E-state index in [1.54, 1.807) is 12.1 Å². The highest BCUT2D eigenvalue weighted by atomic mass is 19.4. The van der Waals surface area contributed by atoms with E-state index in [1.807, 2.05) is 0 Å². The first kappa shape index (κ1) is 21.8. The predicted octanol–water partition coefficient (Wildman–Crippen LogP) is 2.32. The van der Waals surface area contributed by atoms with Gasteiger partial charge in [0.25, 0.3) is 5.91 Å². The Morgan fingerprint density at radius 2 is 1.53 bits per heavy atom. The van der Waals surface area contributed by atoms with Crippen molar-refractivity contribution in [1.82, 2.24) is 10.2 Å². The molecule has 0 bridgehead atoms. The van der Waals surface area contributed by atoms with Gasteiger partial charge in [-0.25, -0.2) is 0 Å². The Bertz CT molecular complexity index is 877. The first-order valence-electron chi connectivity index (χ1n) is 9.35. The van der Waals surface area contributed by atoms with Crippen LogP contribution in [0.3, 0.4) is 0 Å². The van der Waals surface area contributed by atoms with Crippen molar-refractivity contribution in [2.24, 2.45) is 0 Å². The summed E-state index contributed by atoms with van der Waals surface area (Å²) in [7, 11) is 0. The monoisotopic (exact) mass is 422 g/mol. The number of rotatable bonds is 5. The second-order valence-corrected chi connectivity index (χ2v) is 6.80. The SMILES string of the molecule is O=C(NC(CO)C(=O)N1CCOCC1)c1ccc(-c2ccc(C(F)(F)F)cc2)cc1. The topological polar surface area (TPSA) is 78.9 Å². The van der Waals surface area contributed by atoms with Gasteiger partial charge in [0.2, 0.25) is 5.91 Å². The molecule has 1 unspecified atom stereocenters. The maximum absolute atomic E-state index is 12.7. The van der Waals surface area contributed by atoms with Crippen molar-refractivity contribution in [1.29, 1.82) is 0 Å². The van der Waals surface area contributed by atoms with E-state index in [0.29, 0.717) is 37.4 Å². The number of hydrogen-bond donors (Lipinski definition) is 2. The fraction of sp³-hybridized carbons (Fsp3) is 0.333. The van der Waals surface area contributed by atoms with E-state index >= 15 is 0 Å². The minimum atomic E-state index is -4.40. The Morgan fingerprint density at radius 3 is 2.03 bits per heavy atom. The van der Waals surface area contributed by atoms with Crippen LogP contribution in [-0.2, 0) is 15.7 Å². The lowest BCUT2D eigenvalue weighted by atomic mass is 10.0. The lowest BCUT2D eigenvalue weighted by Gasteiger charge is -2.30. The number of benzene rings is 2. The minimum absolute atomic E-state index is 0.263. The maximum atomic E-state index is 12.7. The van der Waals surface area contributed by atoms with Gasteiger partial charge in [-0.15, -0.1) is 0 Å². The Morgan fingerprint density at radius 1 is 1.00 bits per heavy atom. The lowest BCUT2D eigenvalue weighted by Crippen LogP contribution is -2.53. The normalized spacial score (nSPS) is 15.5. The van der Waals surface area contributed by atoms with E-state index in [-0.39, 0.29) is 11.5 Å². The molecule has 6 nitrogen and oxygen atoms in total. The fourth-order valence-electron chi connectivity index (χ4n) is 3.10. The number of morpholine rings is 1. The molecule has 160 valence electrons. The van der Waals surface area contributed by atoms with E-state index in [2.05, 4.69) is 5.32 Å². The van der Waals surface area contributed by atoms with Crippen LogP contribution in [-0.4, -0.2) is 60.8 Å². The summed E-state index contributed by atoms with van der Waals surface area (Å²) in [5, 5.41) is 12.0. The zero-order valence-corrected chi connectivity index (χ0v) is 16.0. The van der Waals surface area contributed by atoms with Gasteiger partial charge in [0.15, 0.2) is 0 Å². The van der Waals surface area contributed by atoms with Gasteiger partial charge in [0, 0.05) is 18.7 Å². The van der Waals surface area contributed by atoms with Crippen LogP contribution in [0, 0.1) is 0 Å². The average molecular weight is 422 g/mol. The second-order valence-electron chi connectivity index (χ2n) is 6.80. The number of aliphatic hydroxyl groups excluding tert-OH is 1. The van der Waals surface area contributed by atoms with E-state index in [4.69, 9.17) is 4.74 Å². The van der Waals surface area contributed by atoms with Crippen molar-refractivity contribution in [3.8, 4) is 11.1 Å². The smallest absolute Gasteiger partial charge is 0.394 e. The van der Waals surface area contributed by atoms with Crippen molar-refractivity contribution >= 4 is 11.8 Å². The molecule has 1 fully saturated rings. The number of carbonyl (C=O) groups excluding carboxylic acids is 2. The summed E-state index contributed by atoms with van der Waals surface area (Å²) in [6.07, 6.45) is -4.40. The number of nitrogens with one attached hydrogen (secondary N) is 1. The molecular formula is C21H21F3N2O4. The minimum Gasteiger partial charge on any atom is -0.394 e. The Labute approximate surface area is 171 Å². The quantitative estimate of drug-likeness (QED) is 0.775. The molecule has 2 amide bonds. The third-order valence-electron chi connectivity index (χ3n) is 4.80. The molecule has 0 aromatic heterocycles. The summed E-state index contributed by atoms with van der Waals surface area (Å²) in [6, 6.07) is 9.89. The third-order valence-corrected chi connectivity index (χ3v) is 4.80. The zero-order valence-electron chi connectivity index (χ0n) is 16.0. The summed E-state index contributed by atoms with van der Waals surface area (Å²) in [5.41, 5.74) is 0.746. The maximum Gasteiger partial charge on any atom is 0.416 e. The molecule has 1 atom stereocenters. The number of amides is 2. The summed E-state index contributed by atoms with van der Waals surface area (Å²) < 4.78 is 43.2. The molecule has 9 heteroatoms.